The molecule has 4 rings (SSSR count). The summed E-state index contributed by atoms with van der Waals surface area (Å²) in [7, 11) is 0. The van der Waals surface area contributed by atoms with E-state index in [-0.39, 0.29) is 18.5 Å². The highest BCUT2D eigenvalue weighted by Gasteiger charge is 2.34. The van der Waals surface area contributed by atoms with Gasteiger partial charge in [-0.05, 0) is 43.3 Å². The monoisotopic (exact) mass is 411 g/mol. The minimum atomic E-state index is -4.43. The molecule has 30 heavy (non-hydrogen) atoms. The number of hydrogen-bond acceptors (Lipinski definition) is 4. The number of nitrogen functional groups attached to an aromatic ring is 1. The minimum absolute atomic E-state index is 0.172. The van der Waals surface area contributed by atoms with E-state index in [1.807, 2.05) is 6.92 Å². The quantitative estimate of drug-likeness (QED) is 0.622. The Hall–Kier alpha value is -3.80. The van der Waals surface area contributed by atoms with Crippen molar-refractivity contribution in [2.45, 2.75) is 19.1 Å². The highest BCUT2D eigenvalue weighted by molar-refractivity contribution is 6.07. The maximum absolute atomic E-state index is 13.1. The van der Waals surface area contributed by atoms with Gasteiger partial charge >= 0.3 is 6.18 Å². The first-order valence-electron chi connectivity index (χ1n) is 9.04. The molecule has 152 valence electrons. The normalized spacial score (nSPS) is 16.1. The molecule has 0 spiro atoms. The summed E-state index contributed by atoms with van der Waals surface area (Å²) < 4.78 is 40.1. The van der Waals surface area contributed by atoms with Crippen molar-refractivity contribution in [1.82, 2.24) is 14.8 Å². The van der Waals surface area contributed by atoms with E-state index in [0.29, 0.717) is 28.3 Å². The summed E-state index contributed by atoms with van der Waals surface area (Å²) in [5.74, 6) is 5.86. The lowest BCUT2D eigenvalue weighted by Gasteiger charge is -2.32. The van der Waals surface area contributed by atoms with Crippen LogP contribution in [0.1, 0.15) is 40.1 Å². The third kappa shape index (κ3) is 3.59. The van der Waals surface area contributed by atoms with Gasteiger partial charge in [0.15, 0.2) is 0 Å². The number of amides is 1. The maximum atomic E-state index is 13.1. The zero-order valence-electron chi connectivity index (χ0n) is 15.8. The predicted molar refractivity (Wildman–Crippen MR) is 105 cm³/mol. The number of nitrogens with two attached hydrogens (primary N) is 1. The van der Waals surface area contributed by atoms with Gasteiger partial charge in [0, 0.05) is 24.0 Å². The molecule has 1 atom stereocenters. The number of pyridine rings is 1. The van der Waals surface area contributed by atoms with E-state index in [4.69, 9.17) is 5.73 Å². The van der Waals surface area contributed by atoms with E-state index in [9.17, 15) is 18.0 Å². The zero-order chi connectivity index (χ0) is 21.5. The van der Waals surface area contributed by atoms with E-state index in [0.717, 1.165) is 12.1 Å². The molecule has 0 bridgehead atoms. The van der Waals surface area contributed by atoms with Crippen molar-refractivity contribution in [3.05, 3.63) is 71.2 Å². The maximum Gasteiger partial charge on any atom is 0.416 e. The molecular formula is C21H16F3N5O. The van der Waals surface area contributed by atoms with Crippen LogP contribution >= 0.6 is 0 Å². The third-order valence-electron chi connectivity index (χ3n) is 4.74. The zero-order valence-corrected chi connectivity index (χ0v) is 15.8. The van der Waals surface area contributed by atoms with Gasteiger partial charge in [-0.1, -0.05) is 11.8 Å². The molecule has 0 radical (unpaired) electrons. The number of anilines is 2. The van der Waals surface area contributed by atoms with Crippen molar-refractivity contribution in [1.29, 1.82) is 0 Å². The van der Waals surface area contributed by atoms with Gasteiger partial charge in [-0.3, -0.25) is 9.48 Å². The molecule has 1 aliphatic rings. The van der Waals surface area contributed by atoms with E-state index in [1.54, 1.807) is 16.8 Å². The van der Waals surface area contributed by atoms with E-state index in [1.165, 1.54) is 29.4 Å². The number of nitrogens with zero attached hydrogens (tertiary/aromatic N) is 4. The number of rotatable bonds is 1. The van der Waals surface area contributed by atoms with Crippen molar-refractivity contribution in [2.24, 2.45) is 0 Å². The van der Waals surface area contributed by atoms with Gasteiger partial charge in [-0.2, -0.15) is 18.3 Å². The Morgan fingerprint density at radius 1 is 1.10 bits per heavy atom. The van der Waals surface area contributed by atoms with Crippen LogP contribution in [-0.4, -0.2) is 27.2 Å². The van der Waals surface area contributed by atoms with Crippen molar-refractivity contribution in [3.63, 3.8) is 0 Å². The average Bonchev–Trinajstić information content (AvgIpc) is 3.15. The average molecular weight is 411 g/mol. The van der Waals surface area contributed by atoms with Crippen LogP contribution in [0.15, 0.2) is 48.8 Å². The molecule has 3 heterocycles. The molecule has 2 N–H and O–H groups in total. The number of carbonyl (C=O) groups is 1. The third-order valence-corrected chi connectivity index (χ3v) is 4.74. The molecule has 3 aromatic rings. The second-order valence-corrected chi connectivity index (χ2v) is 6.88. The molecule has 0 saturated carbocycles. The molecule has 1 amide bonds. The fourth-order valence-corrected chi connectivity index (χ4v) is 3.23. The second kappa shape index (κ2) is 7.22. The van der Waals surface area contributed by atoms with Gasteiger partial charge in [0.2, 0.25) is 0 Å². The molecule has 0 fully saturated rings. The molecule has 2 aromatic heterocycles. The van der Waals surface area contributed by atoms with Crippen LogP contribution in [0.5, 0.6) is 0 Å². The Morgan fingerprint density at radius 2 is 1.83 bits per heavy atom. The number of hydrogen-bond donors (Lipinski definition) is 1. The van der Waals surface area contributed by atoms with Crippen molar-refractivity contribution in [2.75, 3.05) is 17.2 Å². The first-order chi connectivity index (χ1) is 14.2. The highest BCUT2D eigenvalue weighted by atomic mass is 19.4. The lowest BCUT2D eigenvalue weighted by molar-refractivity contribution is -0.137. The molecule has 0 saturated heterocycles. The Balaban J connectivity index is 1.67. The summed E-state index contributed by atoms with van der Waals surface area (Å²) in [6.45, 7) is 2.16. The summed E-state index contributed by atoms with van der Waals surface area (Å²) in [6, 6.07) is 7.69. The first-order valence-corrected chi connectivity index (χ1v) is 9.04. The summed E-state index contributed by atoms with van der Waals surface area (Å²) in [5.41, 5.74) is 6.53. The van der Waals surface area contributed by atoms with Gasteiger partial charge < -0.3 is 10.6 Å². The number of fused-ring (bicyclic) bond motifs is 1. The molecule has 0 aliphatic carbocycles. The number of aromatic nitrogens is 3. The van der Waals surface area contributed by atoms with Crippen molar-refractivity contribution >= 4 is 17.4 Å². The van der Waals surface area contributed by atoms with E-state index in [2.05, 4.69) is 21.9 Å². The lowest BCUT2D eigenvalue weighted by Crippen LogP contribution is -2.43. The van der Waals surface area contributed by atoms with Crippen LogP contribution in [0.4, 0.5) is 24.7 Å². The van der Waals surface area contributed by atoms with E-state index >= 15 is 0 Å². The van der Waals surface area contributed by atoms with Crippen molar-refractivity contribution in [3.8, 4) is 11.8 Å². The lowest BCUT2D eigenvalue weighted by atomic mass is 10.1. The van der Waals surface area contributed by atoms with Gasteiger partial charge in [-0.15, -0.1) is 0 Å². The van der Waals surface area contributed by atoms with Crippen LogP contribution in [0.3, 0.4) is 0 Å². The van der Waals surface area contributed by atoms with Crippen LogP contribution in [0, 0.1) is 11.8 Å². The predicted octanol–water partition coefficient (Wildman–Crippen LogP) is 3.50. The molecule has 0 unspecified atom stereocenters. The van der Waals surface area contributed by atoms with Gasteiger partial charge in [0.05, 0.1) is 23.4 Å². The first kappa shape index (κ1) is 19.5. The molecular weight excluding hydrogens is 395 g/mol. The molecule has 9 heteroatoms. The highest BCUT2D eigenvalue weighted by Crippen LogP contribution is 2.32. The molecule has 1 aliphatic heterocycles. The topological polar surface area (TPSA) is 77.0 Å². The smallest absolute Gasteiger partial charge is 0.384 e. The number of alkyl halides is 3. The summed E-state index contributed by atoms with van der Waals surface area (Å²) >= 11 is 0. The standard InChI is InChI=1S/C21H16F3N5O/c1-13-12-28(17-7-5-16(6-8-17)21(22,23)24)20(30)19-15(11-27-29(13)19)4-2-14-3-9-18(25)26-10-14/h3,5-11,13H,12H2,1H3,(H2,25,26)/t13-/m1/s1. The van der Waals surface area contributed by atoms with Crippen molar-refractivity contribution < 1.29 is 18.0 Å². The fourth-order valence-electron chi connectivity index (χ4n) is 3.23. The summed E-state index contributed by atoms with van der Waals surface area (Å²) in [4.78, 5) is 18.5. The Morgan fingerprint density at radius 3 is 2.47 bits per heavy atom. The number of carbonyl (C=O) groups excluding carboxylic acids is 1. The minimum Gasteiger partial charge on any atom is -0.384 e. The fraction of sp³-hybridized carbons (Fsp3) is 0.190. The molecule has 6 nitrogen and oxygen atoms in total. The Labute approximate surface area is 170 Å². The Kier molecular flexibility index (Phi) is 4.70. The number of halogens is 3. The summed E-state index contributed by atoms with van der Waals surface area (Å²) in [5, 5.41) is 4.27. The van der Waals surface area contributed by atoms with Crippen LogP contribution in [0.25, 0.3) is 0 Å². The van der Waals surface area contributed by atoms with Gasteiger partial charge in [-0.25, -0.2) is 4.98 Å². The summed E-state index contributed by atoms with van der Waals surface area (Å²) in [6.07, 6.45) is -1.40. The molecule has 1 aromatic carbocycles. The van der Waals surface area contributed by atoms with Crippen LogP contribution in [0.2, 0.25) is 0 Å². The largest absolute Gasteiger partial charge is 0.416 e. The SMILES string of the molecule is C[C@@H]1CN(c2ccc(C(F)(F)F)cc2)C(=O)c2c(C#Cc3ccc(N)nc3)cnn21. The van der Waals surface area contributed by atoms with Gasteiger partial charge in [0.25, 0.3) is 5.91 Å². The second-order valence-electron chi connectivity index (χ2n) is 6.88. The van der Waals surface area contributed by atoms with E-state index < -0.39 is 11.7 Å². The van der Waals surface area contributed by atoms with Crippen LogP contribution in [-0.2, 0) is 6.18 Å². The number of benzene rings is 1. The van der Waals surface area contributed by atoms with Crippen LogP contribution < -0.4 is 10.6 Å². The van der Waals surface area contributed by atoms with Gasteiger partial charge in [0.1, 0.15) is 11.5 Å². The Bertz CT molecular complexity index is 1150.